The Labute approximate surface area is 544 Å². The van der Waals surface area contributed by atoms with Gasteiger partial charge in [-0.25, -0.2) is 9.59 Å². The number of aliphatic hydroxyl groups is 6. The number of nitrogens with zero attached hydrogens (tertiary/aromatic N) is 1. The van der Waals surface area contributed by atoms with Crippen molar-refractivity contribution in [3.8, 4) is 0 Å². The summed E-state index contributed by atoms with van der Waals surface area (Å²) in [4.78, 5) is 43.0. The lowest BCUT2D eigenvalue weighted by atomic mass is 9.49. The summed E-state index contributed by atoms with van der Waals surface area (Å²) in [5, 5.41) is 94.1. The number of rotatable bonds is 14. The number of ether oxygens (including phenoxy) is 13. The van der Waals surface area contributed by atoms with E-state index < -0.39 is 204 Å². The fourth-order valence-corrected chi connectivity index (χ4v) is 17.3. The predicted octanol–water partition coefficient (Wildman–Crippen LogP) is 5.37. The van der Waals surface area contributed by atoms with Crippen LogP contribution in [0.15, 0.2) is 58.4 Å². The molecule has 6 saturated heterocycles. The predicted molar refractivity (Wildman–Crippen MR) is 327 cm³/mol. The van der Waals surface area contributed by atoms with Crippen LogP contribution in [-0.2, 0) is 71.2 Å². The molecule has 1 spiro atoms. The van der Waals surface area contributed by atoms with Gasteiger partial charge in [-0.05, 0) is 103 Å². The van der Waals surface area contributed by atoms with E-state index in [-0.39, 0.29) is 68.6 Å². The molecule has 26 heteroatoms. The largest absolute Gasteiger partial charge is 0.762 e. The molecule has 10 aliphatic rings. The smallest absolute Gasteiger partial charge is 0.407 e. The SMILES string of the molecule is COC(=O)N[C@H]1[C@@H](C)O[C@@H](O[C@H]2C/C=C(\C)[C@@H]3C=C[C@H]4[C@@H](O[C@H]5C[C@@H](O[C@H]6CC(O[C@H]7C[C@H](O)[C@@H](O)[C@H](C)O7)C(O[C@@H]7C[C@@H](O)[C@@H](OC)[C@H](C)O7)[C@H](C)O6)[C@@H](O)[C@H](C)O5)[C@@H](C)C[C@H](C)[C@H]4[C@]3(C)C(O)=C3C(=O)O[C@]4(C[C@@H](C)C(CO)=C[C@@H]4/C=C/2C)C3=O)C[C@]1(C)N([O-])O. The summed E-state index contributed by atoms with van der Waals surface area (Å²) < 4.78 is 82.1. The maximum atomic E-state index is 15.7. The number of hydrogen-bond donors (Lipinski definition) is 8. The number of carbonyl (C=O) groups is 3. The Morgan fingerprint density at radius 3 is 1.92 bits per heavy atom. The number of aliphatic hydroxyl groups excluding tert-OH is 6. The summed E-state index contributed by atoms with van der Waals surface area (Å²) in [6.07, 6.45) is -7.74. The van der Waals surface area contributed by atoms with E-state index in [9.17, 15) is 50.6 Å². The Morgan fingerprint density at radius 1 is 0.688 bits per heavy atom. The normalized spacial score (nSPS) is 49.2. The first-order valence-electron chi connectivity index (χ1n) is 33.2. The van der Waals surface area contributed by atoms with E-state index in [0.29, 0.717) is 17.6 Å². The number of fused-ring (bicyclic) bond motifs is 4. The van der Waals surface area contributed by atoms with Crippen LogP contribution in [0.5, 0.6) is 0 Å². The Balaban J connectivity index is 0.942. The molecule has 524 valence electrons. The number of carbonyl (C=O) groups excluding carboxylic acids is 3. The van der Waals surface area contributed by atoms with Crippen molar-refractivity contribution in [2.75, 3.05) is 20.8 Å². The number of nitrogens with one attached hydrogen (secondary N) is 1. The van der Waals surface area contributed by atoms with Gasteiger partial charge in [-0.15, -0.1) is 0 Å². The third kappa shape index (κ3) is 13.9. The molecule has 0 aromatic carbocycles. The van der Waals surface area contributed by atoms with Gasteiger partial charge in [-0.1, -0.05) is 63.6 Å². The van der Waals surface area contributed by atoms with Crippen LogP contribution in [-0.4, -0.2) is 220 Å². The van der Waals surface area contributed by atoms with Gasteiger partial charge in [-0.2, -0.15) is 0 Å². The van der Waals surface area contributed by atoms with Gasteiger partial charge in [-0.3, -0.25) is 10.0 Å². The monoisotopic (exact) mass is 1320 g/mol. The molecule has 31 atom stereocenters. The van der Waals surface area contributed by atoms with Gasteiger partial charge in [0.05, 0.1) is 92.4 Å². The van der Waals surface area contributed by atoms with Crippen molar-refractivity contribution >= 4 is 17.8 Å². The second kappa shape index (κ2) is 28.5. The van der Waals surface area contributed by atoms with Crippen LogP contribution in [0.1, 0.15) is 134 Å². The molecule has 93 heavy (non-hydrogen) atoms. The molecule has 1 amide bonds. The third-order valence-corrected chi connectivity index (χ3v) is 22.3. The zero-order valence-electron chi connectivity index (χ0n) is 55.9. The highest BCUT2D eigenvalue weighted by Gasteiger charge is 2.64. The van der Waals surface area contributed by atoms with Crippen molar-refractivity contribution in [2.45, 2.75) is 275 Å². The number of hydrogen-bond acceptors (Lipinski definition) is 25. The number of hydroxylamine groups is 2. The fourth-order valence-electron chi connectivity index (χ4n) is 17.3. The number of esters is 1. The summed E-state index contributed by atoms with van der Waals surface area (Å²) in [5.74, 6) is -5.27. The van der Waals surface area contributed by atoms with Crippen molar-refractivity contribution < 1.29 is 112 Å². The zero-order valence-corrected chi connectivity index (χ0v) is 55.9. The minimum Gasteiger partial charge on any atom is -0.762 e. The zero-order chi connectivity index (χ0) is 67.7. The molecule has 26 nitrogen and oxygen atoms in total. The lowest BCUT2D eigenvalue weighted by Gasteiger charge is -2.56. The first kappa shape index (κ1) is 71.9. The van der Waals surface area contributed by atoms with E-state index in [1.54, 1.807) is 46.8 Å². The van der Waals surface area contributed by atoms with Crippen molar-refractivity contribution in [3.05, 3.63) is 63.6 Å². The van der Waals surface area contributed by atoms with E-state index >= 15 is 4.79 Å². The van der Waals surface area contributed by atoms with Gasteiger partial charge >= 0.3 is 12.1 Å². The van der Waals surface area contributed by atoms with Crippen LogP contribution in [0.3, 0.4) is 0 Å². The molecule has 6 heterocycles. The molecule has 1 saturated carbocycles. The molecular formula is C67H101N2O24-. The Bertz CT molecular complexity index is 2830. The van der Waals surface area contributed by atoms with Crippen molar-refractivity contribution in [3.63, 3.8) is 0 Å². The average Bonchev–Trinajstić information content (AvgIpc) is 1.70. The number of methoxy groups -OCH3 is 2. The van der Waals surface area contributed by atoms with Crippen LogP contribution in [0, 0.1) is 52.0 Å². The molecule has 10 rings (SSSR count). The first-order chi connectivity index (χ1) is 43.9. The molecule has 7 fully saturated rings. The average molecular weight is 1320 g/mol. The van der Waals surface area contributed by atoms with Crippen molar-refractivity contribution in [2.24, 2.45) is 46.8 Å². The highest BCUT2D eigenvalue weighted by molar-refractivity contribution is 6.26. The molecular weight excluding hydrogens is 1220 g/mol. The van der Waals surface area contributed by atoms with Crippen LogP contribution < -0.4 is 5.32 Å². The van der Waals surface area contributed by atoms with Crippen molar-refractivity contribution in [1.29, 1.82) is 0 Å². The Morgan fingerprint density at radius 2 is 1.28 bits per heavy atom. The number of ketones is 1. The van der Waals surface area contributed by atoms with Gasteiger partial charge in [0, 0.05) is 68.8 Å². The summed E-state index contributed by atoms with van der Waals surface area (Å²) in [7, 11) is 2.68. The molecule has 4 aliphatic carbocycles. The van der Waals surface area contributed by atoms with Gasteiger partial charge in [0.15, 0.2) is 37.1 Å². The maximum Gasteiger partial charge on any atom is 0.407 e. The highest BCUT2D eigenvalue weighted by Crippen LogP contribution is 2.61. The van der Waals surface area contributed by atoms with Crippen LogP contribution in [0.25, 0.3) is 0 Å². The van der Waals surface area contributed by atoms with Crippen molar-refractivity contribution in [1.82, 2.24) is 10.5 Å². The second-order valence-electron chi connectivity index (χ2n) is 28.6. The summed E-state index contributed by atoms with van der Waals surface area (Å²) in [6, 6.07) is -1.03. The summed E-state index contributed by atoms with van der Waals surface area (Å²) >= 11 is 0. The second-order valence-corrected chi connectivity index (χ2v) is 28.6. The minimum atomic E-state index is -1.84. The quantitative estimate of drug-likeness (QED) is 0.0469. The van der Waals surface area contributed by atoms with E-state index in [1.165, 1.54) is 21.1 Å². The van der Waals surface area contributed by atoms with Gasteiger partial charge < -0.3 is 108 Å². The fraction of sp³-hybridized carbons (Fsp3) is 0.806. The van der Waals surface area contributed by atoms with E-state index in [0.717, 1.165) is 5.57 Å². The summed E-state index contributed by atoms with van der Waals surface area (Å²) in [6.45, 7) is 21.4. The van der Waals surface area contributed by atoms with Gasteiger partial charge in [0.2, 0.25) is 5.78 Å². The van der Waals surface area contributed by atoms with Crippen LogP contribution in [0.2, 0.25) is 0 Å². The maximum absolute atomic E-state index is 15.7. The van der Waals surface area contributed by atoms with Crippen LogP contribution >= 0.6 is 0 Å². The first-order valence-corrected chi connectivity index (χ1v) is 33.2. The molecule has 2 bridgehead atoms. The third-order valence-electron chi connectivity index (χ3n) is 22.3. The minimum absolute atomic E-state index is 0.00305. The number of Topliss-reactive ketones (excluding diaryl/α,β-unsaturated/α-hetero) is 1. The highest BCUT2D eigenvalue weighted by atomic mass is 16.8. The molecule has 6 aliphatic heterocycles. The lowest BCUT2D eigenvalue weighted by molar-refractivity contribution is -0.353. The molecule has 2 unspecified atom stereocenters. The summed E-state index contributed by atoms with van der Waals surface area (Å²) in [5.41, 5.74) is -3.33. The number of amides is 1. The number of alkyl carbamates (subject to hydrolysis) is 1. The van der Waals surface area contributed by atoms with E-state index in [4.69, 9.17) is 61.6 Å². The van der Waals surface area contributed by atoms with Gasteiger partial charge in [0.25, 0.3) is 0 Å². The lowest BCUT2D eigenvalue weighted by Crippen LogP contribution is -2.67. The standard InChI is InChI=1S/C67H101N2O24/c1-29-15-18-45(88-52-27-65(11,69(79)80)60(38(10)87-52)68-64(78)82-14)30(2)20-40-21-39(28-70)33(5)26-67(40)62(76)53(63(77)93-67)61(75)66(12)42(29)17-16-41-54(66)31(3)19-32(4)57(41)91-51-24-46(56(74)35(7)84-51)89-50-25-47(90-48-22-43(71)55(73)34(6)83-48)59(37(9)86-50)92-49-23-44(72)58(81-13)36(8)85-49/h15-17,20-21,31-38,40-52,54-60,70-75,79H,18-19,22-28H2,1-14H3,(H,68,78)/q-1/b29-15+,30-20+,61-53?/t31-,32-,33+,34-,35-,36-,37-,38+,40-,41+,42-,43-,44+,45-,46+,47?,48-,49+,50-,51-,52-,54+,55-,56-,57-,58-,59?,60-,65-,66+,67-/m0/s1. The Hall–Kier alpha value is -3.85. The molecule has 0 radical (unpaired) electrons. The molecule has 8 N–H and O–H groups in total. The van der Waals surface area contributed by atoms with Gasteiger partial charge in [0.1, 0.15) is 35.7 Å². The van der Waals surface area contributed by atoms with E-state index in [2.05, 4.69) is 25.2 Å². The van der Waals surface area contributed by atoms with E-state index in [1.807, 2.05) is 39.8 Å². The molecule has 0 aromatic rings. The number of allylic oxidation sites excluding steroid dienone is 3. The Kier molecular flexibility index (Phi) is 22.1. The van der Waals surface area contributed by atoms with Crippen LogP contribution in [0.4, 0.5) is 4.79 Å². The topological polar surface area (TPSA) is 351 Å². The molecule has 0 aromatic heterocycles.